The highest BCUT2D eigenvalue weighted by atomic mass is 35.5. The number of nitrogens with one attached hydrogen (secondary N) is 1. The number of rotatable bonds is 5. The molecule has 0 aromatic carbocycles. The summed E-state index contributed by atoms with van der Waals surface area (Å²) in [6.45, 7) is 6.52. The van der Waals surface area contributed by atoms with Gasteiger partial charge in [0.05, 0.1) is 10.4 Å². The van der Waals surface area contributed by atoms with Crippen molar-refractivity contribution < 1.29 is 9.53 Å². The number of piperazine rings is 1. The molecule has 0 atom stereocenters. The Bertz CT molecular complexity index is 515. The highest BCUT2D eigenvalue weighted by Crippen LogP contribution is 2.23. The van der Waals surface area contributed by atoms with E-state index in [9.17, 15) is 4.79 Å². The van der Waals surface area contributed by atoms with Gasteiger partial charge in [0.15, 0.2) is 0 Å². The van der Waals surface area contributed by atoms with Crippen LogP contribution in [0, 0.1) is 0 Å². The van der Waals surface area contributed by atoms with E-state index in [0.29, 0.717) is 0 Å². The number of hydrogen-bond acceptors (Lipinski definition) is 5. The van der Waals surface area contributed by atoms with E-state index in [0.717, 1.165) is 63.0 Å². The molecule has 0 spiro atoms. The molecule has 1 amide bonds. The molecule has 0 radical (unpaired) electrons. The number of thiophene rings is 1. The van der Waals surface area contributed by atoms with Gasteiger partial charge in [-0.2, -0.15) is 0 Å². The van der Waals surface area contributed by atoms with Crippen LogP contribution in [0.1, 0.15) is 17.7 Å². The fourth-order valence-corrected chi connectivity index (χ4v) is 4.19. The number of piperidine rings is 1. The summed E-state index contributed by atoms with van der Waals surface area (Å²) in [5.74, 6) is 0.127. The van der Waals surface area contributed by atoms with E-state index in [1.165, 1.54) is 4.88 Å². The van der Waals surface area contributed by atoms with Gasteiger partial charge in [-0.15, -0.1) is 23.7 Å². The Morgan fingerprint density at radius 1 is 1.25 bits per heavy atom. The average Bonchev–Trinajstić information content (AvgIpc) is 2.99. The molecule has 3 rings (SSSR count). The standard InChI is InChI=1S/C16H24ClN3O2S.ClH/c17-15-2-1-14(23-15)11-19-7-9-20(10-8-19)16(21)12-22-13-3-5-18-6-4-13;/h1-2,13,18H,3-12H2;1H. The van der Waals surface area contributed by atoms with Crippen LogP contribution in [0.25, 0.3) is 0 Å². The molecular formula is C16H25Cl2N3O2S. The van der Waals surface area contributed by atoms with Crippen LogP contribution in [0.4, 0.5) is 0 Å². The van der Waals surface area contributed by atoms with E-state index in [1.807, 2.05) is 11.0 Å². The molecule has 1 N–H and O–H groups in total. The topological polar surface area (TPSA) is 44.8 Å². The van der Waals surface area contributed by atoms with Crippen molar-refractivity contribution in [1.82, 2.24) is 15.1 Å². The molecule has 136 valence electrons. The second-order valence-electron chi connectivity index (χ2n) is 6.12. The van der Waals surface area contributed by atoms with Gasteiger partial charge in [-0.25, -0.2) is 0 Å². The first-order valence-corrected chi connectivity index (χ1v) is 9.47. The highest BCUT2D eigenvalue weighted by molar-refractivity contribution is 7.16. The number of ether oxygens (including phenoxy) is 1. The van der Waals surface area contributed by atoms with Crippen LogP contribution >= 0.6 is 35.3 Å². The van der Waals surface area contributed by atoms with Crippen LogP contribution in [0.2, 0.25) is 4.34 Å². The van der Waals surface area contributed by atoms with Gasteiger partial charge in [0.25, 0.3) is 0 Å². The number of halogens is 2. The van der Waals surface area contributed by atoms with E-state index in [2.05, 4.69) is 16.3 Å². The monoisotopic (exact) mass is 393 g/mol. The summed E-state index contributed by atoms with van der Waals surface area (Å²) in [6.07, 6.45) is 2.25. The van der Waals surface area contributed by atoms with E-state index in [1.54, 1.807) is 11.3 Å². The largest absolute Gasteiger partial charge is 0.368 e. The second-order valence-corrected chi connectivity index (χ2v) is 7.92. The quantitative estimate of drug-likeness (QED) is 0.832. The Morgan fingerprint density at radius 3 is 2.58 bits per heavy atom. The lowest BCUT2D eigenvalue weighted by atomic mass is 10.1. The molecule has 2 aliphatic heterocycles. The van der Waals surface area contributed by atoms with Gasteiger partial charge in [0.1, 0.15) is 6.61 Å². The van der Waals surface area contributed by atoms with Crippen molar-refractivity contribution in [1.29, 1.82) is 0 Å². The molecule has 0 saturated carbocycles. The normalized spacial score (nSPS) is 20.0. The summed E-state index contributed by atoms with van der Waals surface area (Å²) < 4.78 is 6.60. The lowest BCUT2D eigenvalue weighted by molar-refractivity contribution is -0.140. The van der Waals surface area contributed by atoms with Crippen molar-refractivity contribution in [2.24, 2.45) is 0 Å². The van der Waals surface area contributed by atoms with Gasteiger partial charge in [-0.1, -0.05) is 11.6 Å². The number of nitrogens with zero attached hydrogens (tertiary/aromatic N) is 2. The maximum Gasteiger partial charge on any atom is 0.248 e. The Kier molecular flexibility index (Phi) is 8.27. The first-order valence-electron chi connectivity index (χ1n) is 8.27. The molecule has 8 heteroatoms. The van der Waals surface area contributed by atoms with Gasteiger partial charge in [-0.05, 0) is 38.1 Å². The summed E-state index contributed by atoms with van der Waals surface area (Å²) in [5, 5.41) is 3.30. The minimum absolute atomic E-state index is 0. The van der Waals surface area contributed by atoms with Gasteiger partial charge < -0.3 is 15.0 Å². The van der Waals surface area contributed by atoms with Crippen LogP contribution in [0.5, 0.6) is 0 Å². The zero-order chi connectivity index (χ0) is 16.1. The predicted molar refractivity (Wildman–Crippen MR) is 100 cm³/mol. The lowest BCUT2D eigenvalue weighted by Gasteiger charge is -2.34. The third-order valence-electron chi connectivity index (χ3n) is 4.46. The van der Waals surface area contributed by atoms with Gasteiger partial charge in [0.2, 0.25) is 5.91 Å². The van der Waals surface area contributed by atoms with E-state index < -0.39 is 0 Å². The Hall–Kier alpha value is -0.370. The summed E-state index contributed by atoms with van der Waals surface area (Å²) in [4.78, 5) is 17.8. The van der Waals surface area contributed by atoms with Crippen LogP contribution in [0.3, 0.4) is 0 Å². The molecule has 1 aromatic rings. The Labute approximate surface area is 158 Å². The number of carbonyl (C=O) groups is 1. The van der Waals surface area contributed by atoms with Crippen molar-refractivity contribution in [3.8, 4) is 0 Å². The predicted octanol–water partition coefficient (Wildman–Crippen LogP) is 2.24. The van der Waals surface area contributed by atoms with Crippen LogP contribution < -0.4 is 5.32 Å². The number of carbonyl (C=O) groups excluding carboxylic acids is 1. The lowest BCUT2D eigenvalue weighted by Crippen LogP contribution is -2.49. The summed E-state index contributed by atoms with van der Waals surface area (Å²) in [6, 6.07) is 4.02. The molecule has 24 heavy (non-hydrogen) atoms. The SMILES string of the molecule is Cl.O=C(COC1CCNCC1)N1CCN(Cc2ccc(Cl)s2)CC1. The third-order valence-corrected chi connectivity index (χ3v) is 5.68. The summed E-state index contributed by atoms with van der Waals surface area (Å²) >= 11 is 7.60. The van der Waals surface area contributed by atoms with E-state index in [4.69, 9.17) is 16.3 Å². The van der Waals surface area contributed by atoms with Crippen molar-refractivity contribution in [2.45, 2.75) is 25.5 Å². The smallest absolute Gasteiger partial charge is 0.248 e. The molecule has 2 fully saturated rings. The fraction of sp³-hybridized carbons (Fsp3) is 0.688. The number of hydrogen-bond donors (Lipinski definition) is 1. The van der Waals surface area contributed by atoms with Gasteiger partial charge in [-0.3, -0.25) is 9.69 Å². The molecule has 3 heterocycles. The molecule has 5 nitrogen and oxygen atoms in total. The highest BCUT2D eigenvalue weighted by Gasteiger charge is 2.23. The minimum atomic E-state index is 0. The van der Waals surface area contributed by atoms with Crippen LogP contribution in [-0.2, 0) is 16.1 Å². The molecule has 0 bridgehead atoms. The maximum absolute atomic E-state index is 12.3. The minimum Gasteiger partial charge on any atom is -0.368 e. The fourth-order valence-electron chi connectivity index (χ4n) is 3.06. The first kappa shape index (κ1) is 19.9. The van der Waals surface area contributed by atoms with Crippen molar-refractivity contribution in [2.75, 3.05) is 45.9 Å². The summed E-state index contributed by atoms with van der Waals surface area (Å²) in [5.41, 5.74) is 0. The molecule has 0 aliphatic carbocycles. The Balaban J connectivity index is 0.00000208. The zero-order valence-electron chi connectivity index (χ0n) is 13.7. The van der Waals surface area contributed by atoms with Gasteiger partial charge >= 0.3 is 0 Å². The van der Waals surface area contributed by atoms with Crippen molar-refractivity contribution in [3.05, 3.63) is 21.3 Å². The van der Waals surface area contributed by atoms with Crippen molar-refractivity contribution in [3.63, 3.8) is 0 Å². The maximum atomic E-state index is 12.3. The van der Waals surface area contributed by atoms with E-state index >= 15 is 0 Å². The van der Waals surface area contributed by atoms with E-state index in [-0.39, 0.29) is 31.0 Å². The van der Waals surface area contributed by atoms with Crippen LogP contribution in [0.15, 0.2) is 12.1 Å². The van der Waals surface area contributed by atoms with Crippen molar-refractivity contribution >= 4 is 41.3 Å². The summed E-state index contributed by atoms with van der Waals surface area (Å²) in [7, 11) is 0. The molecule has 0 unspecified atom stereocenters. The number of amides is 1. The molecule has 2 aliphatic rings. The first-order chi connectivity index (χ1) is 11.2. The third kappa shape index (κ3) is 5.86. The zero-order valence-corrected chi connectivity index (χ0v) is 16.1. The van der Waals surface area contributed by atoms with Gasteiger partial charge in [0, 0.05) is 37.6 Å². The average molecular weight is 394 g/mol. The Morgan fingerprint density at radius 2 is 1.96 bits per heavy atom. The van der Waals surface area contributed by atoms with Crippen LogP contribution in [-0.4, -0.2) is 67.7 Å². The molecular weight excluding hydrogens is 369 g/mol. The molecule has 2 saturated heterocycles. The second kappa shape index (κ2) is 9.94. The molecule has 1 aromatic heterocycles.